The monoisotopic (exact) mass is 525 g/mol. The topological polar surface area (TPSA) is 83.6 Å². The number of benzene rings is 1. The van der Waals surface area contributed by atoms with Crippen molar-refractivity contribution < 1.29 is 19.0 Å². The highest BCUT2D eigenvalue weighted by Crippen LogP contribution is 2.68. The Kier molecular flexibility index (Phi) is 6.54. The molecular formula is C32H44FNO4. The molecule has 0 bridgehead atoms. The standard InChI is InChI=1S/C32H44FNO4/c1-17(6-12-27-34-25-11-5-18(2)29(33)28(25)30(37)38-27)22-9-10-23-21-8-7-19-15-20(35)13-14-31(19,3)24(21)16-26(36)32(22,23)4/h5,11,17,19-24,26,35-36H,6-10,12-16H2,1-4H3/t17-,19-,20-,21+,22-,23+,24?,26+,31+,32-/m1/s1. The molecule has 1 aromatic carbocycles. The molecule has 5 nitrogen and oxygen atoms in total. The molecule has 4 aliphatic rings. The van der Waals surface area contributed by atoms with Crippen LogP contribution in [-0.4, -0.2) is 27.4 Å². The molecule has 1 unspecified atom stereocenters. The van der Waals surface area contributed by atoms with E-state index in [0.717, 1.165) is 38.5 Å². The van der Waals surface area contributed by atoms with Crippen molar-refractivity contribution >= 4 is 10.9 Å². The van der Waals surface area contributed by atoms with Gasteiger partial charge in [0.1, 0.15) is 11.2 Å². The molecule has 0 spiro atoms. The number of aromatic nitrogens is 1. The van der Waals surface area contributed by atoms with Crippen molar-refractivity contribution in [3.8, 4) is 0 Å². The van der Waals surface area contributed by atoms with Gasteiger partial charge in [-0.3, -0.25) is 0 Å². The van der Waals surface area contributed by atoms with E-state index in [1.165, 1.54) is 19.3 Å². The summed E-state index contributed by atoms with van der Waals surface area (Å²) < 4.78 is 19.9. The third-order valence-electron chi connectivity index (χ3n) is 12.3. The molecule has 1 aromatic heterocycles. The first kappa shape index (κ1) is 26.4. The van der Waals surface area contributed by atoms with Crippen LogP contribution in [0, 0.1) is 59.1 Å². The number of halogens is 1. The molecule has 38 heavy (non-hydrogen) atoms. The van der Waals surface area contributed by atoms with E-state index in [2.05, 4.69) is 25.8 Å². The highest BCUT2D eigenvalue weighted by atomic mass is 19.1. The molecule has 1 heterocycles. The van der Waals surface area contributed by atoms with Gasteiger partial charge in [0, 0.05) is 6.42 Å². The van der Waals surface area contributed by atoms with Crippen molar-refractivity contribution in [2.45, 2.75) is 104 Å². The van der Waals surface area contributed by atoms with Crippen molar-refractivity contribution in [3.05, 3.63) is 39.8 Å². The Labute approximate surface area is 225 Å². The minimum absolute atomic E-state index is 0.0660. The molecule has 4 fully saturated rings. The lowest BCUT2D eigenvalue weighted by Gasteiger charge is -2.62. The predicted octanol–water partition coefficient (Wildman–Crippen LogP) is 6.19. The summed E-state index contributed by atoms with van der Waals surface area (Å²) in [4.78, 5) is 17.0. The maximum atomic E-state index is 14.5. The summed E-state index contributed by atoms with van der Waals surface area (Å²) >= 11 is 0. The number of hydrogen-bond donors (Lipinski definition) is 2. The predicted molar refractivity (Wildman–Crippen MR) is 145 cm³/mol. The molecule has 2 N–H and O–H groups in total. The molecule has 0 aliphatic heterocycles. The fourth-order valence-electron chi connectivity index (χ4n) is 10.1. The smallest absolute Gasteiger partial charge is 0.349 e. The van der Waals surface area contributed by atoms with Crippen LogP contribution in [0.2, 0.25) is 0 Å². The van der Waals surface area contributed by atoms with Gasteiger partial charge in [-0.25, -0.2) is 14.2 Å². The van der Waals surface area contributed by atoms with Gasteiger partial charge in [0.25, 0.3) is 0 Å². The highest BCUT2D eigenvalue weighted by Gasteiger charge is 2.63. The second-order valence-electron chi connectivity index (χ2n) is 13.9. The van der Waals surface area contributed by atoms with Crippen LogP contribution < -0.4 is 5.63 Å². The molecular weight excluding hydrogens is 481 g/mol. The number of nitrogens with zero attached hydrogens (tertiary/aromatic N) is 1. The summed E-state index contributed by atoms with van der Waals surface area (Å²) in [5.41, 5.74) is 0.253. The van der Waals surface area contributed by atoms with E-state index < -0.39 is 11.4 Å². The van der Waals surface area contributed by atoms with Crippen LogP contribution in [0.15, 0.2) is 21.3 Å². The van der Waals surface area contributed by atoms with Gasteiger partial charge in [-0.1, -0.05) is 26.8 Å². The lowest BCUT2D eigenvalue weighted by molar-refractivity contribution is -0.174. The van der Waals surface area contributed by atoms with E-state index >= 15 is 0 Å². The minimum atomic E-state index is -0.653. The van der Waals surface area contributed by atoms with Gasteiger partial charge in [-0.2, -0.15) is 0 Å². The summed E-state index contributed by atoms with van der Waals surface area (Å²) in [6, 6.07) is 3.34. The van der Waals surface area contributed by atoms with Crippen molar-refractivity contribution in [1.29, 1.82) is 0 Å². The number of aryl methyl sites for hydroxylation is 2. The zero-order valence-corrected chi connectivity index (χ0v) is 23.4. The van der Waals surface area contributed by atoms with Crippen LogP contribution >= 0.6 is 0 Å². The van der Waals surface area contributed by atoms with E-state index in [0.29, 0.717) is 58.9 Å². The van der Waals surface area contributed by atoms with Gasteiger partial charge in [-0.05, 0) is 123 Å². The summed E-state index contributed by atoms with van der Waals surface area (Å²) in [5.74, 6) is 2.92. The average molecular weight is 526 g/mol. The van der Waals surface area contributed by atoms with Crippen LogP contribution in [0.4, 0.5) is 4.39 Å². The zero-order valence-electron chi connectivity index (χ0n) is 23.4. The van der Waals surface area contributed by atoms with E-state index in [9.17, 15) is 19.4 Å². The zero-order chi connectivity index (χ0) is 27.0. The molecule has 0 amide bonds. The Morgan fingerprint density at radius 3 is 2.68 bits per heavy atom. The molecule has 10 atom stereocenters. The van der Waals surface area contributed by atoms with Crippen LogP contribution in [0.3, 0.4) is 0 Å². The maximum absolute atomic E-state index is 14.5. The van der Waals surface area contributed by atoms with E-state index in [1.807, 2.05) is 0 Å². The maximum Gasteiger partial charge on any atom is 0.349 e. The van der Waals surface area contributed by atoms with Crippen molar-refractivity contribution in [2.24, 2.45) is 46.3 Å². The van der Waals surface area contributed by atoms with Gasteiger partial charge < -0.3 is 14.6 Å². The van der Waals surface area contributed by atoms with Gasteiger partial charge in [0.2, 0.25) is 0 Å². The Bertz CT molecular complexity index is 1280. The molecule has 0 radical (unpaired) electrons. The second-order valence-corrected chi connectivity index (χ2v) is 13.9. The normalized spacial score (nSPS) is 41.4. The number of aliphatic hydroxyl groups is 2. The SMILES string of the molecule is Cc1ccc2nc(CC[C@@H](C)[C@H]3CC[C@H]4[C@@H]5CC[C@@H]6C[C@H](O)CC[C@]6(C)C5C[C@H](O)[C@]34C)oc(=O)c2c1F. The Balaban J connectivity index is 1.19. The van der Waals surface area contributed by atoms with Crippen molar-refractivity contribution in [1.82, 2.24) is 4.98 Å². The number of aliphatic hydroxyl groups excluding tert-OH is 2. The van der Waals surface area contributed by atoms with Gasteiger partial charge in [-0.15, -0.1) is 0 Å². The van der Waals surface area contributed by atoms with Crippen LogP contribution in [-0.2, 0) is 6.42 Å². The number of rotatable bonds is 4. The van der Waals surface area contributed by atoms with Gasteiger partial charge in [0.05, 0.1) is 17.7 Å². The fourth-order valence-corrected chi connectivity index (χ4v) is 10.1. The first-order chi connectivity index (χ1) is 18.0. The van der Waals surface area contributed by atoms with E-state index in [1.54, 1.807) is 19.1 Å². The molecule has 208 valence electrons. The lowest BCUT2D eigenvalue weighted by atomic mass is 9.43. The van der Waals surface area contributed by atoms with Crippen LogP contribution in [0.25, 0.3) is 10.9 Å². The van der Waals surface area contributed by atoms with Crippen LogP contribution in [0.5, 0.6) is 0 Å². The summed E-state index contributed by atoms with van der Waals surface area (Å²) in [7, 11) is 0. The Morgan fingerprint density at radius 2 is 1.89 bits per heavy atom. The molecule has 6 heteroatoms. The third kappa shape index (κ3) is 3.91. The number of fused-ring (bicyclic) bond motifs is 6. The molecule has 4 aliphatic carbocycles. The summed E-state index contributed by atoms with van der Waals surface area (Å²) in [5, 5.41) is 22.0. The Hall–Kier alpha value is -1.79. The number of hydrogen-bond acceptors (Lipinski definition) is 5. The van der Waals surface area contributed by atoms with Gasteiger partial charge >= 0.3 is 5.63 Å². The second kappa shape index (κ2) is 9.40. The van der Waals surface area contributed by atoms with E-state index in [-0.39, 0.29) is 28.4 Å². The first-order valence-electron chi connectivity index (χ1n) is 15.0. The Morgan fingerprint density at radius 1 is 1.11 bits per heavy atom. The van der Waals surface area contributed by atoms with Crippen molar-refractivity contribution in [2.75, 3.05) is 0 Å². The minimum Gasteiger partial charge on any atom is -0.408 e. The highest BCUT2D eigenvalue weighted by molar-refractivity contribution is 5.78. The van der Waals surface area contributed by atoms with Crippen LogP contribution in [0.1, 0.15) is 90.0 Å². The molecule has 6 rings (SSSR count). The average Bonchev–Trinajstić information content (AvgIpc) is 3.24. The molecule has 0 saturated heterocycles. The van der Waals surface area contributed by atoms with Crippen molar-refractivity contribution in [3.63, 3.8) is 0 Å². The largest absolute Gasteiger partial charge is 0.408 e. The molecule has 4 saturated carbocycles. The van der Waals surface area contributed by atoms with Gasteiger partial charge in [0.15, 0.2) is 5.89 Å². The quantitative estimate of drug-likeness (QED) is 0.497. The fraction of sp³-hybridized carbons (Fsp3) is 0.750. The summed E-state index contributed by atoms with van der Waals surface area (Å²) in [6.07, 6.45) is 9.44. The molecule has 2 aromatic rings. The first-order valence-corrected chi connectivity index (χ1v) is 15.0. The lowest BCUT2D eigenvalue weighted by Crippen LogP contribution is -2.58. The van der Waals surface area contributed by atoms with E-state index in [4.69, 9.17) is 4.42 Å². The summed E-state index contributed by atoms with van der Waals surface area (Å²) in [6.45, 7) is 8.72. The third-order valence-corrected chi connectivity index (χ3v) is 12.3.